The summed E-state index contributed by atoms with van der Waals surface area (Å²) in [4.78, 5) is 13.6. The molecule has 3 aromatic rings. The first-order valence-corrected chi connectivity index (χ1v) is 13.9. The number of nitrogens with zero attached hydrogens (tertiary/aromatic N) is 1. The molecule has 204 valence electrons. The number of aromatic amines is 1. The second-order valence-electron chi connectivity index (χ2n) is 9.69. The molecule has 6 heteroatoms. The zero-order valence-corrected chi connectivity index (χ0v) is 23.7. The molecule has 0 spiro atoms. The summed E-state index contributed by atoms with van der Waals surface area (Å²) >= 11 is 0. The number of Topliss-reactive ketones (excluding diaryl/α,β-unsaturated/α-hetero) is 1. The number of hydrogen-bond donors (Lipinski definition) is 3. The minimum absolute atomic E-state index is 0.0817. The van der Waals surface area contributed by atoms with E-state index in [9.17, 15) is 9.90 Å². The van der Waals surface area contributed by atoms with Gasteiger partial charge in [-0.15, -0.1) is 0 Å². The van der Waals surface area contributed by atoms with Crippen molar-refractivity contribution >= 4 is 11.4 Å². The van der Waals surface area contributed by atoms with Gasteiger partial charge in [-0.05, 0) is 92.6 Å². The fourth-order valence-electron chi connectivity index (χ4n) is 4.62. The summed E-state index contributed by atoms with van der Waals surface area (Å²) in [7, 11) is 0. The Balaban J connectivity index is 0.000000598. The smallest absolute Gasteiger partial charge is 0.169 e. The number of ketones is 1. The molecule has 1 aromatic heterocycles. The van der Waals surface area contributed by atoms with E-state index in [0.29, 0.717) is 18.9 Å². The maximum Gasteiger partial charge on any atom is 0.169 e. The van der Waals surface area contributed by atoms with Gasteiger partial charge >= 0.3 is 0 Å². The number of aromatic nitrogens is 2. The lowest BCUT2D eigenvalue weighted by molar-refractivity contribution is -0.118. The molecule has 3 N–H and O–H groups in total. The van der Waals surface area contributed by atoms with E-state index in [2.05, 4.69) is 47.6 Å². The van der Waals surface area contributed by atoms with Gasteiger partial charge in [0.15, 0.2) is 5.78 Å². The van der Waals surface area contributed by atoms with Crippen molar-refractivity contribution in [2.45, 2.75) is 66.7 Å². The first-order valence-electron chi connectivity index (χ1n) is 13.9. The van der Waals surface area contributed by atoms with Gasteiger partial charge in [0.25, 0.3) is 0 Å². The molecular formula is C32H43N3O3. The average molecular weight is 518 g/mol. The molecule has 38 heavy (non-hydrogen) atoms. The highest BCUT2D eigenvalue weighted by molar-refractivity contribution is 6.22. The Morgan fingerprint density at radius 2 is 1.92 bits per heavy atom. The van der Waals surface area contributed by atoms with Gasteiger partial charge in [0.2, 0.25) is 0 Å². The van der Waals surface area contributed by atoms with Gasteiger partial charge in [0.05, 0.1) is 18.7 Å². The summed E-state index contributed by atoms with van der Waals surface area (Å²) in [5.41, 5.74) is 6.96. The van der Waals surface area contributed by atoms with Crippen LogP contribution in [0.25, 0.3) is 16.7 Å². The Morgan fingerprint density at radius 1 is 1.21 bits per heavy atom. The predicted molar refractivity (Wildman–Crippen MR) is 156 cm³/mol. The molecule has 0 bridgehead atoms. The van der Waals surface area contributed by atoms with Crippen molar-refractivity contribution in [3.63, 3.8) is 0 Å². The lowest BCUT2D eigenvalue weighted by Gasteiger charge is -2.26. The number of rotatable bonds is 6. The van der Waals surface area contributed by atoms with Gasteiger partial charge in [0.1, 0.15) is 11.5 Å². The quantitative estimate of drug-likeness (QED) is 0.312. The molecule has 2 aliphatic heterocycles. The van der Waals surface area contributed by atoms with Crippen LogP contribution in [0, 0.1) is 12.8 Å². The van der Waals surface area contributed by atoms with Crippen molar-refractivity contribution in [3.8, 4) is 22.6 Å². The molecule has 5 rings (SSSR count). The molecular weight excluding hydrogens is 474 g/mol. The Labute approximate surface area is 227 Å². The number of fused-ring (bicyclic) bond motifs is 1. The van der Waals surface area contributed by atoms with Crippen molar-refractivity contribution in [2.24, 2.45) is 5.92 Å². The minimum atomic E-state index is -0.281. The van der Waals surface area contributed by atoms with Crippen LogP contribution in [0.2, 0.25) is 0 Å². The SMILES string of the molecule is C/C=C(/C(=O)C1COc2ccc(O)cc2C1)c1ccc(-c2cn[nH]c2C)cc1C(C)CC.C1CNC1.CC. The van der Waals surface area contributed by atoms with E-state index in [-0.39, 0.29) is 17.5 Å². The first-order chi connectivity index (χ1) is 18.4. The van der Waals surface area contributed by atoms with E-state index in [0.717, 1.165) is 45.7 Å². The summed E-state index contributed by atoms with van der Waals surface area (Å²) in [6, 6.07) is 11.4. The number of nitrogens with one attached hydrogen (secondary N) is 2. The van der Waals surface area contributed by atoms with Crippen LogP contribution in [0.5, 0.6) is 11.5 Å². The third kappa shape index (κ3) is 6.73. The Kier molecular flexibility index (Phi) is 10.7. The van der Waals surface area contributed by atoms with E-state index in [4.69, 9.17) is 4.74 Å². The molecule has 0 saturated carbocycles. The normalized spacial score (nSPS) is 16.9. The van der Waals surface area contributed by atoms with Crippen molar-refractivity contribution in [1.29, 1.82) is 0 Å². The first kappa shape index (κ1) is 29.2. The van der Waals surface area contributed by atoms with E-state index in [1.54, 1.807) is 18.2 Å². The number of aromatic hydroxyl groups is 1. The number of aryl methyl sites for hydroxylation is 1. The van der Waals surface area contributed by atoms with Gasteiger partial charge in [-0.2, -0.15) is 5.10 Å². The van der Waals surface area contributed by atoms with Crippen LogP contribution in [0.3, 0.4) is 0 Å². The second kappa shape index (κ2) is 14.0. The fourth-order valence-corrected chi connectivity index (χ4v) is 4.62. The summed E-state index contributed by atoms with van der Waals surface area (Å²) < 4.78 is 5.85. The number of phenolic OH excluding ortho intramolecular Hbond substituents is 1. The Bertz CT molecular complexity index is 1240. The summed E-state index contributed by atoms with van der Waals surface area (Å²) in [6.45, 7) is 15.1. The molecule has 0 radical (unpaired) electrons. The highest BCUT2D eigenvalue weighted by Gasteiger charge is 2.30. The number of carbonyl (C=O) groups is 1. The standard InChI is InChI=1S/C27H30N2O3.C3H7N.C2H6/c1-5-16(3)24-13-18(25-14-28-29-17(25)4)7-9-23(24)22(6-2)27(31)20-11-19-12-21(30)8-10-26(19)32-15-20;1-2-4-3-1;1-2/h6-10,12-14,16,20,30H,5,11,15H2,1-4H3,(H,28,29);4H,1-3H2;1-2H3/b22-6+;;. The second-order valence-corrected chi connectivity index (χ2v) is 9.69. The molecule has 6 nitrogen and oxygen atoms in total. The molecule has 2 atom stereocenters. The van der Waals surface area contributed by atoms with E-state index in [1.165, 1.54) is 25.1 Å². The van der Waals surface area contributed by atoms with Gasteiger partial charge in [-0.3, -0.25) is 9.89 Å². The van der Waals surface area contributed by atoms with Crippen molar-refractivity contribution in [2.75, 3.05) is 19.7 Å². The van der Waals surface area contributed by atoms with Crippen molar-refractivity contribution in [1.82, 2.24) is 15.5 Å². The topological polar surface area (TPSA) is 87.2 Å². The molecule has 1 saturated heterocycles. The molecule has 0 aliphatic carbocycles. The third-order valence-corrected chi connectivity index (χ3v) is 7.21. The Hall–Kier alpha value is -3.38. The van der Waals surface area contributed by atoms with Crippen LogP contribution in [0.15, 0.2) is 48.7 Å². The van der Waals surface area contributed by atoms with E-state index in [1.807, 2.05) is 40.0 Å². The number of ether oxygens (including phenoxy) is 1. The molecule has 2 unspecified atom stereocenters. The number of hydrogen-bond acceptors (Lipinski definition) is 5. The monoisotopic (exact) mass is 517 g/mol. The maximum atomic E-state index is 13.6. The third-order valence-electron chi connectivity index (χ3n) is 7.21. The van der Waals surface area contributed by atoms with E-state index >= 15 is 0 Å². The molecule has 1 fully saturated rings. The van der Waals surface area contributed by atoms with Crippen LogP contribution in [0.4, 0.5) is 0 Å². The number of benzene rings is 2. The van der Waals surface area contributed by atoms with Crippen molar-refractivity contribution in [3.05, 3.63) is 71.1 Å². The maximum absolute atomic E-state index is 13.6. The van der Waals surface area contributed by atoms with Gasteiger partial charge in [-0.25, -0.2) is 0 Å². The van der Waals surface area contributed by atoms with Crippen LogP contribution < -0.4 is 10.1 Å². The lowest BCUT2D eigenvalue weighted by Crippen LogP contribution is -2.29. The largest absolute Gasteiger partial charge is 0.508 e. The minimum Gasteiger partial charge on any atom is -0.508 e. The summed E-state index contributed by atoms with van der Waals surface area (Å²) in [5, 5.41) is 20.1. The van der Waals surface area contributed by atoms with E-state index < -0.39 is 0 Å². The molecule has 2 aromatic carbocycles. The van der Waals surface area contributed by atoms with Crippen molar-refractivity contribution < 1.29 is 14.6 Å². The lowest BCUT2D eigenvalue weighted by atomic mass is 9.82. The zero-order valence-electron chi connectivity index (χ0n) is 23.7. The average Bonchev–Trinajstić information content (AvgIpc) is 3.34. The fraction of sp³-hybridized carbons (Fsp3) is 0.438. The molecule has 2 aliphatic rings. The summed E-state index contributed by atoms with van der Waals surface area (Å²) in [6.07, 6.45) is 6.69. The number of allylic oxidation sites excluding steroid dienone is 2. The highest BCUT2D eigenvalue weighted by atomic mass is 16.5. The van der Waals surface area contributed by atoms with Gasteiger partial charge in [-0.1, -0.05) is 52.0 Å². The number of carbonyl (C=O) groups excluding carboxylic acids is 1. The molecule has 0 amide bonds. The number of H-pyrrole nitrogens is 1. The molecule has 3 heterocycles. The van der Waals surface area contributed by atoms with Gasteiger partial charge in [0, 0.05) is 16.8 Å². The zero-order chi connectivity index (χ0) is 27.7. The van der Waals surface area contributed by atoms with Crippen LogP contribution in [-0.2, 0) is 11.2 Å². The summed E-state index contributed by atoms with van der Waals surface area (Å²) in [5.74, 6) is 1.04. The highest BCUT2D eigenvalue weighted by Crippen LogP contribution is 2.36. The Morgan fingerprint density at radius 3 is 2.50 bits per heavy atom. The van der Waals surface area contributed by atoms with Crippen LogP contribution in [-0.4, -0.2) is 40.8 Å². The van der Waals surface area contributed by atoms with Crippen LogP contribution in [0.1, 0.15) is 75.8 Å². The number of phenols is 1. The predicted octanol–water partition coefficient (Wildman–Crippen LogP) is 6.83. The van der Waals surface area contributed by atoms with Gasteiger partial charge < -0.3 is 15.2 Å². The van der Waals surface area contributed by atoms with Crippen LogP contribution >= 0.6 is 0 Å².